The Kier molecular flexibility index (Phi) is 6.94. The first-order valence-electron chi connectivity index (χ1n) is 8.31. The Balaban J connectivity index is 2.27. The van der Waals surface area contributed by atoms with Gasteiger partial charge in [-0.25, -0.2) is 4.79 Å². The van der Waals surface area contributed by atoms with Crippen molar-refractivity contribution >= 4 is 23.9 Å². The Morgan fingerprint density at radius 3 is 2.04 bits per heavy atom. The first kappa shape index (κ1) is 21.2. The molecule has 1 fully saturated rings. The van der Waals surface area contributed by atoms with Crippen molar-refractivity contribution in [3.05, 3.63) is 29.8 Å². The lowest BCUT2D eigenvalue weighted by molar-refractivity contribution is -0.266. The number of aromatic hydroxyl groups is 1. The molecule has 0 radical (unpaired) electrons. The number of phenols is 1. The number of carbonyl (C=O) groups excluding carboxylic acids is 4. The predicted molar refractivity (Wildman–Crippen MR) is 89.9 cm³/mol. The summed E-state index contributed by atoms with van der Waals surface area (Å²) in [5.41, 5.74) is -0.140. The number of para-hydroxylation sites is 1. The fraction of sp³-hybridized carbons (Fsp3) is 0.444. The summed E-state index contributed by atoms with van der Waals surface area (Å²) < 4.78 is 25.9. The third-order valence-electron chi connectivity index (χ3n) is 3.65. The Morgan fingerprint density at radius 1 is 0.893 bits per heavy atom. The van der Waals surface area contributed by atoms with Crippen molar-refractivity contribution in [3.8, 4) is 5.75 Å². The summed E-state index contributed by atoms with van der Waals surface area (Å²) in [7, 11) is 0. The van der Waals surface area contributed by atoms with Gasteiger partial charge < -0.3 is 28.8 Å². The zero-order valence-electron chi connectivity index (χ0n) is 15.4. The quantitative estimate of drug-likeness (QED) is 0.560. The molecule has 4 atom stereocenters. The molecule has 0 amide bonds. The van der Waals surface area contributed by atoms with Crippen LogP contribution >= 0.6 is 0 Å². The molecule has 28 heavy (non-hydrogen) atoms. The molecule has 0 aliphatic carbocycles. The third kappa shape index (κ3) is 5.43. The number of hydrogen-bond acceptors (Lipinski definition) is 10. The Labute approximate surface area is 160 Å². The summed E-state index contributed by atoms with van der Waals surface area (Å²) in [6.07, 6.45) is -5.20. The van der Waals surface area contributed by atoms with E-state index in [1.165, 1.54) is 24.3 Å². The van der Waals surface area contributed by atoms with E-state index in [9.17, 15) is 24.3 Å². The fourth-order valence-electron chi connectivity index (χ4n) is 2.63. The number of ether oxygens (including phenoxy) is 5. The van der Waals surface area contributed by atoms with Crippen molar-refractivity contribution in [3.63, 3.8) is 0 Å². The lowest BCUT2D eigenvalue weighted by atomic mass is 10.0. The molecule has 0 saturated carbocycles. The average Bonchev–Trinajstić information content (AvgIpc) is 2.59. The normalized spacial score (nSPS) is 24.0. The van der Waals surface area contributed by atoms with E-state index in [1.807, 2.05) is 0 Å². The van der Waals surface area contributed by atoms with Crippen molar-refractivity contribution in [2.75, 3.05) is 6.61 Å². The molecular weight excluding hydrogens is 376 g/mol. The van der Waals surface area contributed by atoms with Crippen LogP contribution in [0.3, 0.4) is 0 Å². The fourth-order valence-corrected chi connectivity index (χ4v) is 2.63. The molecule has 0 spiro atoms. The van der Waals surface area contributed by atoms with Gasteiger partial charge >= 0.3 is 23.9 Å². The van der Waals surface area contributed by atoms with E-state index in [-0.39, 0.29) is 17.9 Å². The molecule has 152 valence electrons. The highest BCUT2D eigenvalue weighted by Crippen LogP contribution is 2.27. The summed E-state index contributed by atoms with van der Waals surface area (Å²) in [6.45, 7) is 3.08. The maximum atomic E-state index is 12.4. The SMILES string of the molecule is CC(=O)O[C@@H]1[C@@H](OC(C)=O)[C@H](OC(=O)c2ccccc2O)OC[C@H]1OC(C)=O. The zero-order chi connectivity index (χ0) is 20.8. The van der Waals surface area contributed by atoms with E-state index in [0.717, 1.165) is 20.8 Å². The molecule has 1 saturated heterocycles. The van der Waals surface area contributed by atoms with Crippen molar-refractivity contribution in [1.29, 1.82) is 0 Å². The van der Waals surface area contributed by atoms with Crippen molar-refractivity contribution in [2.45, 2.75) is 45.4 Å². The lowest BCUT2D eigenvalue weighted by Gasteiger charge is -2.39. The predicted octanol–water partition coefficient (Wildman–Crippen LogP) is 0.700. The number of carbonyl (C=O) groups is 4. The Bertz CT molecular complexity index is 758. The van der Waals surface area contributed by atoms with Gasteiger partial charge in [0.2, 0.25) is 12.4 Å². The maximum absolute atomic E-state index is 12.4. The molecule has 1 aliphatic rings. The van der Waals surface area contributed by atoms with E-state index in [4.69, 9.17) is 23.7 Å². The molecule has 10 nitrogen and oxygen atoms in total. The molecule has 1 aromatic rings. The summed E-state index contributed by atoms with van der Waals surface area (Å²) in [5.74, 6) is -3.43. The van der Waals surface area contributed by atoms with Gasteiger partial charge in [-0.05, 0) is 12.1 Å². The summed E-state index contributed by atoms with van der Waals surface area (Å²) in [5, 5.41) is 9.78. The molecule has 1 N–H and O–H groups in total. The second kappa shape index (κ2) is 9.18. The summed E-state index contributed by atoms with van der Waals surface area (Å²) in [6, 6.07) is 5.65. The molecule has 1 heterocycles. The second-order valence-corrected chi connectivity index (χ2v) is 5.92. The molecule has 10 heteroatoms. The van der Waals surface area contributed by atoms with Crippen LogP contribution in [0.2, 0.25) is 0 Å². The molecule has 0 unspecified atom stereocenters. The van der Waals surface area contributed by atoms with Crippen molar-refractivity contribution in [2.24, 2.45) is 0 Å². The van der Waals surface area contributed by atoms with Gasteiger partial charge in [-0.1, -0.05) is 12.1 Å². The van der Waals surface area contributed by atoms with Gasteiger partial charge in [0, 0.05) is 20.8 Å². The van der Waals surface area contributed by atoms with Gasteiger partial charge in [0.15, 0.2) is 12.2 Å². The second-order valence-electron chi connectivity index (χ2n) is 5.92. The van der Waals surface area contributed by atoms with Crippen LogP contribution in [0.15, 0.2) is 24.3 Å². The highest BCUT2D eigenvalue weighted by atomic mass is 16.7. The first-order valence-corrected chi connectivity index (χ1v) is 8.31. The van der Waals surface area contributed by atoms with Crippen LogP contribution < -0.4 is 0 Å². The van der Waals surface area contributed by atoms with Gasteiger partial charge in [0.1, 0.15) is 11.3 Å². The Morgan fingerprint density at radius 2 is 1.46 bits per heavy atom. The van der Waals surface area contributed by atoms with Crippen LogP contribution in [0.25, 0.3) is 0 Å². The monoisotopic (exact) mass is 396 g/mol. The topological polar surface area (TPSA) is 135 Å². The molecule has 1 aromatic carbocycles. The zero-order valence-corrected chi connectivity index (χ0v) is 15.4. The highest BCUT2D eigenvalue weighted by molar-refractivity contribution is 5.92. The van der Waals surface area contributed by atoms with Crippen LogP contribution in [0.1, 0.15) is 31.1 Å². The first-order chi connectivity index (χ1) is 13.2. The minimum absolute atomic E-state index is 0.140. The number of rotatable bonds is 5. The van der Waals surface area contributed by atoms with Gasteiger partial charge in [-0.3, -0.25) is 14.4 Å². The van der Waals surface area contributed by atoms with Crippen LogP contribution in [0.4, 0.5) is 0 Å². The molecule has 0 bridgehead atoms. The van der Waals surface area contributed by atoms with Crippen molar-refractivity contribution < 1.29 is 48.0 Å². The average molecular weight is 396 g/mol. The maximum Gasteiger partial charge on any atom is 0.344 e. The van der Waals surface area contributed by atoms with E-state index in [2.05, 4.69) is 0 Å². The number of benzene rings is 1. The van der Waals surface area contributed by atoms with E-state index in [0.29, 0.717) is 0 Å². The van der Waals surface area contributed by atoms with Crippen LogP contribution in [-0.2, 0) is 38.1 Å². The van der Waals surface area contributed by atoms with Gasteiger partial charge in [0.25, 0.3) is 0 Å². The van der Waals surface area contributed by atoms with Crippen LogP contribution in [0, 0.1) is 0 Å². The lowest BCUT2D eigenvalue weighted by Crippen LogP contribution is -2.58. The molecular formula is C18H20O10. The molecule has 1 aliphatic heterocycles. The highest BCUT2D eigenvalue weighted by Gasteiger charge is 2.48. The van der Waals surface area contributed by atoms with E-state index in [1.54, 1.807) is 0 Å². The van der Waals surface area contributed by atoms with Gasteiger partial charge in [-0.2, -0.15) is 0 Å². The number of esters is 4. The largest absolute Gasteiger partial charge is 0.507 e. The van der Waals surface area contributed by atoms with Crippen LogP contribution in [-0.4, -0.2) is 60.2 Å². The Hall–Kier alpha value is -3.14. The standard InChI is InChI=1S/C18H20O10/c1-9(19)25-14-8-24-18(16(27-11(3)21)15(14)26-10(2)20)28-17(23)12-6-4-5-7-13(12)22/h4-7,14-16,18,22H,8H2,1-3H3/t14-,15+,16-,18+/m1/s1. The molecule has 2 rings (SSSR count). The van der Waals surface area contributed by atoms with Crippen molar-refractivity contribution in [1.82, 2.24) is 0 Å². The summed E-state index contributed by atoms with van der Waals surface area (Å²) >= 11 is 0. The number of phenolic OH excluding ortho intramolecular Hbond substituents is 1. The number of hydrogen-bond donors (Lipinski definition) is 1. The van der Waals surface area contributed by atoms with Crippen LogP contribution in [0.5, 0.6) is 5.75 Å². The smallest absolute Gasteiger partial charge is 0.344 e. The summed E-state index contributed by atoms with van der Waals surface area (Å²) in [4.78, 5) is 46.7. The third-order valence-corrected chi connectivity index (χ3v) is 3.65. The minimum Gasteiger partial charge on any atom is -0.507 e. The van der Waals surface area contributed by atoms with E-state index < -0.39 is 48.5 Å². The van der Waals surface area contributed by atoms with E-state index >= 15 is 0 Å². The molecule has 0 aromatic heterocycles. The van der Waals surface area contributed by atoms with Gasteiger partial charge in [-0.15, -0.1) is 0 Å². The van der Waals surface area contributed by atoms with Gasteiger partial charge in [0.05, 0.1) is 6.61 Å². The minimum atomic E-state index is -1.47.